The van der Waals surface area contributed by atoms with Crippen molar-refractivity contribution in [3.63, 3.8) is 0 Å². The van der Waals surface area contributed by atoms with Gasteiger partial charge in [-0.25, -0.2) is 13.1 Å². The summed E-state index contributed by atoms with van der Waals surface area (Å²) in [5.41, 5.74) is 0.594. The van der Waals surface area contributed by atoms with Gasteiger partial charge in [-0.1, -0.05) is 42.5 Å². The summed E-state index contributed by atoms with van der Waals surface area (Å²) in [5.74, 6) is 0.843. The normalized spacial score (nSPS) is 17.1. The Morgan fingerprint density at radius 3 is 2.41 bits per heavy atom. The molecule has 0 atom stereocenters. The maximum atomic E-state index is 11.5. The Balaban J connectivity index is 1.87. The smallest absolute Gasteiger partial charge is 0.209 e. The third-order valence-electron chi connectivity index (χ3n) is 4.57. The van der Waals surface area contributed by atoms with Gasteiger partial charge in [-0.15, -0.1) is 0 Å². The summed E-state index contributed by atoms with van der Waals surface area (Å²) in [6.07, 6.45) is 5.55. The van der Waals surface area contributed by atoms with E-state index in [2.05, 4.69) is 44.1 Å². The topological polar surface area (TPSA) is 77.0 Å². The molecule has 0 unspecified atom stereocenters. The zero-order valence-corrected chi connectivity index (χ0v) is 18.9. The average Bonchev–Trinajstić information content (AvgIpc) is 2.65. The van der Waals surface area contributed by atoms with Gasteiger partial charge in [-0.05, 0) is 26.3 Å². The Bertz CT molecular complexity index is 783. The van der Waals surface area contributed by atoms with Gasteiger partial charge >= 0.3 is 0 Å². The van der Waals surface area contributed by atoms with Crippen LogP contribution in [0.4, 0.5) is 0 Å². The van der Waals surface area contributed by atoms with Gasteiger partial charge < -0.3 is 10.2 Å². The Morgan fingerprint density at radius 1 is 1.17 bits per heavy atom. The summed E-state index contributed by atoms with van der Waals surface area (Å²) in [5, 5.41) is 3.33. The third kappa shape index (κ3) is 8.97. The minimum atomic E-state index is -3.27. The molecule has 2 N–H and O–H groups in total. The molecule has 0 saturated carbocycles. The van der Waals surface area contributed by atoms with Crippen molar-refractivity contribution in [1.82, 2.24) is 19.8 Å². The lowest BCUT2D eigenvalue weighted by atomic mass is 10.1. The SMILES string of the molecule is CCNC(=NCC(C)(C)NS(C)(=O)=O)N1CCN(C/C=C/c2ccccc2)CC1. The number of guanidine groups is 1. The summed E-state index contributed by atoms with van der Waals surface area (Å²) < 4.78 is 25.7. The molecule has 1 aromatic carbocycles. The van der Waals surface area contributed by atoms with Crippen LogP contribution in [0.1, 0.15) is 26.3 Å². The number of piperazine rings is 1. The highest BCUT2D eigenvalue weighted by atomic mass is 32.2. The molecule has 0 bridgehead atoms. The predicted molar refractivity (Wildman–Crippen MR) is 122 cm³/mol. The quantitative estimate of drug-likeness (QED) is 0.493. The van der Waals surface area contributed by atoms with Crippen molar-refractivity contribution in [3.05, 3.63) is 42.0 Å². The fourth-order valence-corrected chi connectivity index (χ4v) is 4.35. The van der Waals surface area contributed by atoms with Gasteiger partial charge in [-0.3, -0.25) is 9.89 Å². The lowest BCUT2D eigenvalue weighted by Crippen LogP contribution is -2.53. The van der Waals surface area contributed by atoms with E-state index in [1.807, 2.05) is 39.0 Å². The van der Waals surface area contributed by atoms with Crippen LogP contribution in [-0.2, 0) is 10.0 Å². The minimum Gasteiger partial charge on any atom is -0.357 e. The van der Waals surface area contributed by atoms with Gasteiger partial charge in [0.2, 0.25) is 10.0 Å². The largest absolute Gasteiger partial charge is 0.357 e. The fourth-order valence-electron chi connectivity index (χ4n) is 3.28. The van der Waals surface area contributed by atoms with Crippen LogP contribution in [0, 0.1) is 0 Å². The van der Waals surface area contributed by atoms with Gasteiger partial charge in [0.15, 0.2) is 5.96 Å². The van der Waals surface area contributed by atoms with Crippen molar-refractivity contribution in [3.8, 4) is 0 Å². The van der Waals surface area contributed by atoms with E-state index >= 15 is 0 Å². The molecule has 0 aliphatic carbocycles. The summed E-state index contributed by atoms with van der Waals surface area (Å²) in [6.45, 7) is 11.5. The molecule has 1 fully saturated rings. The van der Waals surface area contributed by atoms with E-state index < -0.39 is 15.6 Å². The molecule has 2 rings (SSSR count). The van der Waals surface area contributed by atoms with E-state index in [1.54, 1.807) is 0 Å². The molecule has 7 nitrogen and oxygen atoms in total. The minimum absolute atomic E-state index is 0.377. The Morgan fingerprint density at radius 2 is 1.83 bits per heavy atom. The highest BCUT2D eigenvalue weighted by molar-refractivity contribution is 7.88. The maximum Gasteiger partial charge on any atom is 0.209 e. The Kier molecular flexibility index (Phi) is 8.67. The van der Waals surface area contributed by atoms with E-state index in [0.29, 0.717) is 6.54 Å². The summed E-state index contributed by atoms with van der Waals surface area (Å²) >= 11 is 0. The molecule has 1 aliphatic rings. The van der Waals surface area contributed by atoms with Crippen molar-refractivity contribution in [1.29, 1.82) is 0 Å². The van der Waals surface area contributed by atoms with Crippen LogP contribution >= 0.6 is 0 Å². The molecule has 1 heterocycles. The highest BCUT2D eigenvalue weighted by Gasteiger charge is 2.24. The van der Waals surface area contributed by atoms with E-state index in [0.717, 1.165) is 45.2 Å². The van der Waals surface area contributed by atoms with Crippen LogP contribution in [0.5, 0.6) is 0 Å². The second-order valence-electron chi connectivity index (χ2n) is 8.03. The predicted octanol–water partition coefficient (Wildman–Crippen LogP) is 1.61. The molecule has 1 aliphatic heterocycles. The zero-order chi connectivity index (χ0) is 21.3. The monoisotopic (exact) mass is 421 g/mol. The maximum absolute atomic E-state index is 11.5. The van der Waals surface area contributed by atoms with Gasteiger partial charge in [0, 0.05) is 44.8 Å². The molecule has 162 valence electrons. The van der Waals surface area contributed by atoms with Gasteiger partial charge in [0.25, 0.3) is 0 Å². The van der Waals surface area contributed by atoms with Crippen LogP contribution in [0.25, 0.3) is 6.08 Å². The van der Waals surface area contributed by atoms with Crippen LogP contribution in [0.2, 0.25) is 0 Å². The number of aliphatic imine (C=N–C) groups is 1. The molecule has 0 radical (unpaired) electrons. The summed E-state index contributed by atoms with van der Waals surface area (Å²) in [4.78, 5) is 9.36. The number of hydrogen-bond acceptors (Lipinski definition) is 4. The second-order valence-corrected chi connectivity index (χ2v) is 9.78. The van der Waals surface area contributed by atoms with Crippen LogP contribution < -0.4 is 10.0 Å². The molecule has 29 heavy (non-hydrogen) atoms. The van der Waals surface area contributed by atoms with Gasteiger partial charge in [0.05, 0.1) is 12.8 Å². The molecule has 0 spiro atoms. The average molecular weight is 422 g/mol. The fraction of sp³-hybridized carbons (Fsp3) is 0.571. The number of benzene rings is 1. The third-order valence-corrected chi connectivity index (χ3v) is 5.49. The van der Waals surface area contributed by atoms with Crippen molar-refractivity contribution < 1.29 is 8.42 Å². The summed E-state index contributed by atoms with van der Waals surface area (Å²) in [6, 6.07) is 10.3. The van der Waals surface area contributed by atoms with E-state index in [9.17, 15) is 8.42 Å². The van der Waals surface area contributed by atoms with Crippen molar-refractivity contribution in [2.24, 2.45) is 4.99 Å². The second kappa shape index (κ2) is 10.8. The van der Waals surface area contributed by atoms with Crippen LogP contribution in [0.3, 0.4) is 0 Å². The Hall–Kier alpha value is -1.90. The van der Waals surface area contributed by atoms with Crippen LogP contribution in [0.15, 0.2) is 41.4 Å². The van der Waals surface area contributed by atoms with Crippen molar-refractivity contribution >= 4 is 22.1 Å². The number of sulfonamides is 1. The molecule has 0 aromatic heterocycles. The van der Waals surface area contributed by atoms with Crippen molar-refractivity contribution in [2.75, 3.05) is 52.1 Å². The number of rotatable bonds is 8. The summed E-state index contributed by atoms with van der Waals surface area (Å²) in [7, 11) is -3.27. The number of hydrogen-bond donors (Lipinski definition) is 2. The number of nitrogens with one attached hydrogen (secondary N) is 2. The lowest BCUT2D eigenvalue weighted by Gasteiger charge is -2.36. The van der Waals surface area contributed by atoms with E-state index in [-0.39, 0.29) is 0 Å². The van der Waals surface area contributed by atoms with Crippen molar-refractivity contribution in [2.45, 2.75) is 26.3 Å². The first-order valence-corrected chi connectivity index (χ1v) is 12.0. The molecule has 1 saturated heterocycles. The van der Waals surface area contributed by atoms with Gasteiger partial charge in [0.1, 0.15) is 0 Å². The molecule has 0 amide bonds. The lowest BCUT2D eigenvalue weighted by molar-refractivity contribution is 0.194. The number of nitrogens with zero attached hydrogens (tertiary/aromatic N) is 3. The first kappa shape index (κ1) is 23.4. The van der Waals surface area contributed by atoms with E-state index in [1.165, 1.54) is 11.8 Å². The molecule has 8 heteroatoms. The molecular formula is C21H35N5O2S. The standard InChI is InChI=1S/C21H35N5O2S/c1-5-22-20(23-18-21(2,3)24-29(4,27)28)26-16-14-25(15-17-26)13-9-12-19-10-7-6-8-11-19/h6-12,24H,5,13-18H2,1-4H3,(H,22,23)/b12-9+. The first-order chi connectivity index (χ1) is 13.7. The highest BCUT2D eigenvalue weighted by Crippen LogP contribution is 2.08. The molecule has 1 aromatic rings. The van der Waals surface area contributed by atoms with Gasteiger partial charge in [-0.2, -0.15) is 0 Å². The molecular weight excluding hydrogens is 386 g/mol. The first-order valence-electron chi connectivity index (χ1n) is 10.1. The van der Waals surface area contributed by atoms with E-state index in [4.69, 9.17) is 4.99 Å². The zero-order valence-electron chi connectivity index (χ0n) is 18.1. The van der Waals surface area contributed by atoms with Crippen LogP contribution in [-0.4, -0.2) is 81.8 Å². The Labute approximate surface area is 175 Å².